The molecule has 0 fully saturated rings. The van der Waals surface area contributed by atoms with Crippen molar-refractivity contribution in [3.8, 4) is 0 Å². The van der Waals surface area contributed by atoms with Gasteiger partial charge in [0.25, 0.3) is 0 Å². The summed E-state index contributed by atoms with van der Waals surface area (Å²) in [5.74, 6) is 0.896. The molecule has 1 N–H and O–H groups in total. The van der Waals surface area contributed by atoms with E-state index in [0.717, 1.165) is 24.5 Å². The standard InChI is InChI=1S/C38H31N3/c1-37(20-9-3-10-21-37)35-25-14-4-6-18-31(25)39-36(40-35)41-32-19-7-5-13-24(32)27-23-28-29-16-8-11-22-38(29,2)30-17-12-15-26(33(28)30)34(27)41/h3-20,23,35H,21-22H2,1-2H3,(H,39,40). The lowest BCUT2D eigenvalue weighted by molar-refractivity contribution is 0.343. The SMILES string of the molecule is CC12CC=CC=C1c1cc3c4ccccc4n(C4=NC(C5(C)C=CC=CC5)c5ccccc5N4)c3c3cccc2c13. The molecule has 0 saturated carbocycles. The van der Waals surface area contributed by atoms with Gasteiger partial charge in [-0.05, 0) is 53.1 Å². The molecule has 3 atom stereocenters. The van der Waals surface area contributed by atoms with E-state index >= 15 is 0 Å². The fourth-order valence-electron chi connectivity index (χ4n) is 7.99. The van der Waals surface area contributed by atoms with Crippen molar-refractivity contribution < 1.29 is 0 Å². The Kier molecular flexibility index (Phi) is 4.50. The van der Waals surface area contributed by atoms with Crippen LogP contribution in [0, 0.1) is 5.41 Å². The Morgan fingerprint density at radius 2 is 1.66 bits per heavy atom. The summed E-state index contributed by atoms with van der Waals surface area (Å²) in [7, 11) is 0. The normalized spacial score (nSPS) is 25.8. The lowest BCUT2D eigenvalue weighted by Crippen LogP contribution is -2.33. The zero-order chi connectivity index (χ0) is 27.3. The van der Waals surface area contributed by atoms with Crippen molar-refractivity contribution in [2.45, 2.75) is 38.1 Å². The van der Waals surface area contributed by atoms with E-state index in [-0.39, 0.29) is 16.9 Å². The molecule has 0 amide bonds. The maximum atomic E-state index is 5.58. The molecule has 0 bridgehead atoms. The molecule has 0 saturated heterocycles. The third-order valence-electron chi connectivity index (χ3n) is 10.1. The van der Waals surface area contributed by atoms with Crippen LogP contribution in [0.1, 0.15) is 49.4 Å². The molecular formula is C38H31N3. The van der Waals surface area contributed by atoms with E-state index in [1.165, 1.54) is 54.8 Å². The summed E-state index contributed by atoms with van der Waals surface area (Å²) in [4.78, 5) is 5.58. The summed E-state index contributed by atoms with van der Waals surface area (Å²) in [6.45, 7) is 4.75. The van der Waals surface area contributed by atoms with Crippen molar-refractivity contribution in [1.82, 2.24) is 4.57 Å². The molecule has 198 valence electrons. The zero-order valence-electron chi connectivity index (χ0n) is 23.4. The Bertz CT molecular complexity index is 2120. The van der Waals surface area contributed by atoms with Crippen molar-refractivity contribution in [2.24, 2.45) is 10.4 Å². The van der Waals surface area contributed by atoms with Gasteiger partial charge in [0.1, 0.15) is 0 Å². The first-order chi connectivity index (χ1) is 20.1. The number of aliphatic imine (C=N–C) groups is 1. The van der Waals surface area contributed by atoms with Crippen molar-refractivity contribution in [1.29, 1.82) is 0 Å². The first-order valence-corrected chi connectivity index (χ1v) is 14.7. The quantitative estimate of drug-likeness (QED) is 0.230. The number of para-hydroxylation sites is 2. The van der Waals surface area contributed by atoms with Crippen LogP contribution in [-0.2, 0) is 5.41 Å². The van der Waals surface area contributed by atoms with Gasteiger partial charge >= 0.3 is 0 Å². The molecule has 4 aliphatic rings. The summed E-state index contributed by atoms with van der Waals surface area (Å²) in [6, 6.07) is 26.9. The molecule has 1 aromatic heterocycles. The molecule has 3 nitrogen and oxygen atoms in total. The Hall–Kier alpha value is -4.63. The average molecular weight is 530 g/mol. The third-order valence-corrected chi connectivity index (χ3v) is 10.1. The van der Waals surface area contributed by atoms with Crippen LogP contribution in [0.2, 0.25) is 0 Å². The van der Waals surface area contributed by atoms with Crippen molar-refractivity contribution in [3.63, 3.8) is 0 Å². The number of nitrogens with one attached hydrogen (secondary N) is 1. The molecule has 3 aliphatic carbocycles. The largest absolute Gasteiger partial charge is 0.325 e. The Labute approximate surface area is 239 Å². The van der Waals surface area contributed by atoms with E-state index in [9.17, 15) is 0 Å². The van der Waals surface area contributed by atoms with Gasteiger partial charge in [-0.2, -0.15) is 0 Å². The number of benzene rings is 4. The monoisotopic (exact) mass is 529 g/mol. The van der Waals surface area contributed by atoms with Crippen LogP contribution in [0.5, 0.6) is 0 Å². The zero-order valence-corrected chi connectivity index (χ0v) is 23.4. The van der Waals surface area contributed by atoms with Crippen LogP contribution in [0.25, 0.3) is 38.2 Å². The highest BCUT2D eigenvalue weighted by Gasteiger charge is 2.41. The molecule has 9 rings (SSSR count). The Morgan fingerprint density at radius 3 is 2.56 bits per heavy atom. The minimum atomic E-state index is -0.105. The highest BCUT2D eigenvalue weighted by Crippen LogP contribution is 2.55. The lowest BCUT2D eigenvalue weighted by Gasteiger charge is -2.37. The van der Waals surface area contributed by atoms with Crippen molar-refractivity contribution >= 4 is 49.8 Å². The van der Waals surface area contributed by atoms with Gasteiger partial charge in [0.2, 0.25) is 5.96 Å². The average Bonchev–Trinajstić information content (AvgIpc) is 3.48. The first-order valence-electron chi connectivity index (χ1n) is 14.7. The molecule has 41 heavy (non-hydrogen) atoms. The van der Waals surface area contributed by atoms with Gasteiger partial charge in [-0.25, -0.2) is 4.99 Å². The highest BCUT2D eigenvalue weighted by molar-refractivity contribution is 6.26. The summed E-state index contributed by atoms with van der Waals surface area (Å²) in [6.07, 6.45) is 17.8. The summed E-state index contributed by atoms with van der Waals surface area (Å²) < 4.78 is 2.40. The van der Waals surface area contributed by atoms with Gasteiger partial charge in [-0.1, -0.05) is 111 Å². The van der Waals surface area contributed by atoms with E-state index in [4.69, 9.17) is 4.99 Å². The first kappa shape index (κ1) is 23.1. The number of anilines is 1. The van der Waals surface area contributed by atoms with E-state index < -0.39 is 0 Å². The van der Waals surface area contributed by atoms with Gasteiger partial charge < -0.3 is 5.32 Å². The second-order valence-electron chi connectivity index (χ2n) is 12.5. The van der Waals surface area contributed by atoms with Crippen LogP contribution in [-0.4, -0.2) is 10.5 Å². The molecule has 1 aliphatic heterocycles. The maximum absolute atomic E-state index is 5.58. The Balaban J connectivity index is 1.38. The molecular weight excluding hydrogens is 498 g/mol. The van der Waals surface area contributed by atoms with E-state index in [1.807, 2.05) is 0 Å². The van der Waals surface area contributed by atoms with Crippen molar-refractivity contribution in [2.75, 3.05) is 5.32 Å². The summed E-state index contributed by atoms with van der Waals surface area (Å²) in [5, 5.41) is 9.02. The van der Waals surface area contributed by atoms with Gasteiger partial charge in [-0.3, -0.25) is 4.57 Å². The fourth-order valence-corrected chi connectivity index (χ4v) is 7.99. The molecule has 4 aromatic carbocycles. The number of hydrogen-bond acceptors (Lipinski definition) is 2. The van der Waals surface area contributed by atoms with Crippen LogP contribution in [0.3, 0.4) is 0 Å². The smallest absolute Gasteiger partial charge is 0.208 e. The van der Waals surface area contributed by atoms with Gasteiger partial charge in [0.05, 0.1) is 17.1 Å². The highest BCUT2D eigenvalue weighted by atomic mass is 15.2. The molecule has 0 radical (unpaired) electrons. The van der Waals surface area contributed by atoms with E-state index in [0.29, 0.717) is 0 Å². The molecule has 3 unspecified atom stereocenters. The number of rotatable bonds is 1. The maximum Gasteiger partial charge on any atom is 0.208 e. The number of allylic oxidation sites excluding steroid dienone is 7. The third kappa shape index (κ3) is 2.96. The predicted molar refractivity (Wildman–Crippen MR) is 173 cm³/mol. The molecule has 3 heteroatoms. The minimum Gasteiger partial charge on any atom is -0.325 e. The van der Waals surface area contributed by atoms with Crippen LogP contribution in [0.15, 0.2) is 120 Å². The number of aromatic nitrogens is 1. The van der Waals surface area contributed by atoms with Gasteiger partial charge in [-0.15, -0.1) is 0 Å². The Morgan fingerprint density at radius 1 is 0.829 bits per heavy atom. The van der Waals surface area contributed by atoms with Gasteiger partial charge in [0, 0.05) is 38.2 Å². The van der Waals surface area contributed by atoms with E-state index in [2.05, 4.69) is 139 Å². The van der Waals surface area contributed by atoms with E-state index in [1.54, 1.807) is 0 Å². The number of hydrogen-bond donors (Lipinski definition) is 1. The van der Waals surface area contributed by atoms with Crippen LogP contribution in [0.4, 0.5) is 5.69 Å². The molecule has 5 aromatic rings. The van der Waals surface area contributed by atoms with Crippen LogP contribution >= 0.6 is 0 Å². The minimum absolute atomic E-state index is 0.00199. The fraction of sp³-hybridized carbons (Fsp3) is 0.184. The topological polar surface area (TPSA) is 29.3 Å². The van der Waals surface area contributed by atoms with Gasteiger partial charge in [0.15, 0.2) is 0 Å². The molecule has 0 spiro atoms. The number of nitrogens with zero attached hydrogens (tertiary/aromatic N) is 2. The second-order valence-corrected chi connectivity index (χ2v) is 12.5. The lowest BCUT2D eigenvalue weighted by atomic mass is 9.73. The van der Waals surface area contributed by atoms with Crippen LogP contribution < -0.4 is 5.32 Å². The summed E-state index contributed by atoms with van der Waals surface area (Å²) >= 11 is 0. The molecule has 2 heterocycles. The number of fused-ring (bicyclic) bond motifs is 8. The summed E-state index contributed by atoms with van der Waals surface area (Å²) in [5.41, 5.74) is 8.97. The second kappa shape index (κ2) is 7.98. The predicted octanol–water partition coefficient (Wildman–Crippen LogP) is 9.46. The van der Waals surface area contributed by atoms with Crippen molar-refractivity contribution in [3.05, 3.63) is 132 Å².